The van der Waals surface area contributed by atoms with Gasteiger partial charge in [-0.2, -0.15) is 5.26 Å². The van der Waals surface area contributed by atoms with E-state index in [0.717, 1.165) is 0 Å². The highest BCUT2D eigenvalue weighted by Crippen LogP contribution is 2.35. The van der Waals surface area contributed by atoms with Crippen LogP contribution in [-0.2, 0) is 23.7 Å². The maximum absolute atomic E-state index is 12.6. The molecule has 1 aromatic rings. The molecule has 0 saturated carbocycles. The van der Waals surface area contributed by atoms with Gasteiger partial charge in [-0.3, -0.25) is 0 Å². The topological polar surface area (TPSA) is 87.0 Å². The summed E-state index contributed by atoms with van der Waals surface area (Å²) in [6.07, 6.45) is -3.09. The van der Waals surface area contributed by atoms with Crippen LogP contribution in [0.4, 0.5) is 0 Å². The van der Waals surface area contributed by atoms with Crippen molar-refractivity contribution in [2.75, 3.05) is 6.61 Å². The highest BCUT2D eigenvalue weighted by molar-refractivity contribution is 5.89. The molecule has 3 rings (SSSR count). The minimum Gasteiger partial charge on any atom is -0.453 e. The van der Waals surface area contributed by atoms with E-state index in [-0.39, 0.29) is 6.61 Å². The molecule has 2 fully saturated rings. The molecule has 4 atom stereocenters. The summed E-state index contributed by atoms with van der Waals surface area (Å²) in [4.78, 5) is 12.6. The van der Waals surface area contributed by atoms with Crippen LogP contribution in [0.3, 0.4) is 0 Å². The molecule has 0 bridgehead atoms. The normalized spacial score (nSPS) is 30.5. The van der Waals surface area contributed by atoms with Crippen LogP contribution in [0.5, 0.6) is 0 Å². The minimum atomic E-state index is -0.961. The van der Waals surface area contributed by atoms with Crippen molar-refractivity contribution in [3.63, 3.8) is 0 Å². The van der Waals surface area contributed by atoms with E-state index in [0.29, 0.717) is 5.56 Å². The number of rotatable bonds is 4. The minimum absolute atomic E-state index is 0.220. The van der Waals surface area contributed by atoms with Gasteiger partial charge in [0.2, 0.25) is 0 Å². The number of hydrogen-bond acceptors (Lipinski definition) is 7. The van der Waals surface area contributed by atoms with Crippen molar-refractivity contribution in [3.8, 4) is 6.07 Å². The molecule has 140 valence electrons. The lowest BCUT2D eigenvalue weighted by Gasteiger charge is -2.29. The summed E-state index contributed by atoms with van der Waals surface area (Å²) < 4.78 is 28.7. The summed E-state index contributed by atoms with van der Waals surface area (Å²) in [5.74, 6) is -2.29. The van der Waals surface area contributed by atoms with Crippen LogP contribution < -0.4 is 0 Å². The van der Waals surface area contributed by atoms with E-state index in [2.05, 4.69) is 6.07 Å². The maximum Gasteiger partial charge on any atom is 0.338 e. The fourth-order valence-electron chi connectivity index (χ4n) is 3.13. The number of benzene rings is 1. The Morgan fingerprint density at radius 2 is 1.85 bits per heavy atom. The van der Waals surface area contributed by atoms with E-state index in [1.165, 1.54) is 0 Å². The van der Waals surface area contributed by atoms with Gasteiger partial charge in [-0.15, -0.1) is 0 Å². The summed E-state index contributed by atoms with van der Waals surface area (Å²) in [7, 11) is 0. The number of hydrogen-bond donors (Lipinski definition) is 0. The predicted octanol–water partition coefficient (Wildman–Crippen LogP) is 2.41. The number of carbonyl (C=O) groups excluding carboxylic acids is 1. The van der Waals surface area contributed by atoms with Crippen LogP contribution in [0, 0.1) is 11.3 Å². The van der Waals surface area contributed by atoms with Crippen molar-refractivity contribution in [1.29, 1.82) is 5.26 Å². The Morgan fingerprint density at radius 1 is 1.15 bits per heavy atom. The first-order valence-electron chi connectivity index (χ1n) is 8.54. The van der Waals surface area contributed by atoms with E-state index >= 15 is 0 Å². The van der Waals surface area contributed by atoms with Crippen LogP contribution >= 0.6 is 0 Å². The molecular formula is C19H23NO6. The third-order valence-electron chi connectivity index (χ3n) is 4.23. The molecule has 0 unspecified atom stereocenters. The smallest absolute Gasteiger partial charge is 0.338 e. The first-order chi connectivity index (χ1) is 12.2. The number of ether oxygens (including phenoxy) is 5. The highest BCUT2D eigenvalue weighted by atomic mass is 16.8. The fraction of sp³-hybridized carbons (Fsp3) is 0.579. The van der Waals surface area contributed by atoms with Crippen LogP contribution in [0.2, 0.25) is 0 Å². The first-order valence-corrected chi connectivity index (χ1v) is 8.54. The molecule has 7 nitrogen and oxygen atoms in total. The first kappa shape index (κ1) is 18.8. The number of esters is 1. The molecule has 0 amide bonds. The maximum atomic E-state index is 12.6. The molecule has 1 aromatic carbocycles. The standard InChI is InChI=1S/C19H23NO6/c1-18(2)22-11-14(25-18)15(16-13(10-20)24-19(3,4)26-16)23-17(21)12-8-6-5-7-9-12/h5-9,13-16H,11H2,1-4H3/t13-,14-,15-,16-/m1/s1. The van der Waals surface area contributed by atoms with Crippen molar-refractivity contribution in [1.82, 2.24) is 0 Å². The predicted molar refractivity (Wildman–Crippen MR) is 90.0 cm³/mol. The van der Waals surface area contributed by atoms with E-state index in [4.69, 9.17) is 23.7 Å². The lowest BCUT2D eigenvalue weighted by molar-refractivity contribution is -0.179. The molecule has 0 aromatic heterocycles. The Bertz CT molecular complexity index is 696. The van der Waals surface area contributed by atoms with Gasteiger partial charge in [0.05, 0.1) is 18.2 Å². The zero-order valence-electron chi connectivity index (χ0n) is 15.3. The third kappa shape index (κ3) is 4.05. The fourth-order valence-corrected chi connectivity index (χ4v) is 3.13. The van der Waals surface area contributed by atoms with Gasteiger partial charge in [-0.1, -0.05) is 18.2 Å². The molecule has 7 heteroatoms. The van der Waals surface area contributed by atoms with E-state index in [1.807, 2.05) is 6.07 Å². The highest BCUT2D eigenvalue weighted by Gasteiger charge is 2.52. The summed E-state index contributed by atoms with van der Waals surface area (Å²) in [6, 6.07) is 10.7. The molecule has 2 aliphatic rings. The molecule has 2 aliphatic heterocycles. The van der Waals surface area contributed by atoms with Crippen molar-refractivity contribution < 1.29 is 28.5 Å². The quantitative estimate of drug-likeness (QED) is 0.761. The lowest BCUT2D eigenvalue weighted by atomic mass is 10.0. The summed E-state index contributed by atoms with van der Waals surface area (Å²) in [6.45, 7) is 7.20. The Hall–Kier alpha value is -1.98. The SMILES string of the molecule is CC1(C)O[C@@H]([C@H](OC(=O)c2ccccc2)[C@H]2COC(C)(C)O2)[C@@H](C#N)O1. The summed E-state index contributed by atoms with van der Waals surface area (Å²) in [5, 5.41) is 9.45. The zero-order chi connectivity index (χ0) is 18.9. The summed E-state index contributed by atoms with van der Waals surface area (Å²) >= 11 is 0. The zero-order valence-corrected chi connectivity index (χ0v) is 15.3. The van der Waals surface area contributed by atoms with Gasteiger partial charge in [0.1, 0.15) is 12.2 Å². The second-order valence-corrected chi connectivity index (χ2v) is 7.25. The van der Waals surface area contributed by atoms with Crippen molar-refractivity contribution in [2.45, 2.75) is 63.7 Å². The van der Waals surface area contributed by atoms with Crippen molar-refractivity contribution >= 4 is 5.97 Å². The second-order valence-electron chi connectivity index (χ2n) is 7.25. The van der Waals surface area contributed by atoms with Gasteiger partial charge in [0.25, 0.3) is 0 Å². The third-order valence-corrected chi connectivity index (χ3v) is 4.23. The molecule has 0 aliphatic carbocycles. The average Bonchev–Trinajstić information content (AvgIpc) is 3.11. The van der Waals surface area contributed by atoms with Gasteiger partial charge < -0.3 is 23.7 Å². The van der Waals surface area contributed by atoms with Gasteiger partial charge in [0, 0.05) is 0 Å². The Labute approximate surface area is 152 Å². The van der Waals surface area contributed by atoms with Gasteiger partial charge in [-0.25, -0.2) is 4.79 Å². The molecular weight excluding hydrogens is 338 g/mol. The molecule has 0 radical (unpaired) electrons. The Balaban J connectivity index is 1.85. The van der Waals surface area contributed by atoms with Crippen LogP contribution in [-0.4, -0.2) is 48.6 Å². The lowest BCUT2D eigenvalue weighted by Crippen LogP contribution is -2.47. The monoisotopic (exact) mass is 361 g/mol. The van der Waals surface area contributed by atoms with Gasteiger partial charge >= 0.3 is 5.97 Å². The molecule has 0 N–H and O–H groups in total. The second kappa shape index (κ2) is 6.97. The van der Waals surface area contributed by atoms with Gasteiger partial charge in [0.15, 0.2) is 23.8 Å². The van der Waals surface area contributed by atoms with E-state index in [1.54, 1.807) is 52.0 Å². The number of carbonyl (C=O) groups is 1. The molecule has 2 heterocycles. The van der Waals surface area contributed by atoms with Crippen molar-refractivity contribution in [2.24, 2.45) is 0 Å². The number of nitrogens with zero attached hydrogens (tertiary/aromatic N) is 1. The number of nitriles is 1. The van der Waals surface area contributed by atoms with Crippen LogP contribution in [0.1, 0.15) is 38.1 Å². The van der Waals surface area contributed by atoms with Crippen molar-refractivity contribution in [3.05, 3.63) is 35.9 Å². The average molecular weight is 361 g/mol. The van der Waals surface area contributed by atoms with E-state index < -0.39 is 42.0 Å². The molecule has 0 spiro atoms. The van der Waals surface area contributed by atoms with Gasteiger partial charge in [-0.05, 0) is 39.8 Å². The Kier molecular flexibility index (Phi) is 5.04. The Morgan fingerprint density at radius 3 is 2.42 bits per heavy atom. The van der Waals surface area contributed by atoms with E-state index in [9.17, 15) is 10.1 Å². The molecule has 2 saturated heterocycles. The summed E-state index contributed by atoms with van der Waals surface area (Å²) in [5.41, 5.74) is 0.405. The molecule has 26 heavy (non-hydrogen) atoms. The van der Waals surface area contributed by atoms with Crippen LogP contribution in [0.25, 0.3) is 0 Å². The van der Waals surface area contributed by atoms with Crippen LogP contribution in [0.15, 0.2) is 30.3 Å². The largest absolute Gasteiger partial charge is 0.453 e.